The van der Waals surface area contributed by atoms with Crippen LogP contribution in [0.2, 0.25) is 0 Å². The fourth-order valence-electron chi connectivity index (χ4n) is 1.91. The number of aromatic hydroxyl groups is 1. The maximum absolute atomic E-state index is 10.8. The van der Waals surface area contributed by atoms with Gasteiger partial charge in [-0.1, -0.05) is 55.1 Å². The van der Waals surface area contributed by atoms with Crippen molar-refractivity contribution in [3.05, 3.63) is 84.9 Å². The Bertz CT molecular complexity index is 785. The normalized spacial score (nSPS) is 9.57. The van der Waals surface area contributed by atoms with E-state index in [1.165, 1.54) is 6.08 Å². The van der Waals surface area contributed by atoms with E-state index in [1.54, 1.807) is 6.07 Å². The molecule has 0 saturated heterocycles. The number of amides is 1. The molecule has 0 spiro atoms. The number of pyridine rings is 1. The number of para-hydroxylation sites is 1. The lowest BCUT2D eigenvalue weighted by atomic mass is 10.2. The quantitative estimate of drug-likeness (QED) is 0.729. The van der Waals surface area contributed by atoms with Crippen LogP contribution in [0.5, 0.6) is 5.88 Å². The van der Waals surface area contributed by atoms with Crippen molar-refractivity contribution in [1.29, 1.82) is 0 Å². The fraction of sp³-hybridized carbons (Fsp3) is 0.0526. The maximum Gasteiger partial charge on any atom is 0.243 e. The van der Waals surface area contributed by atoms with E-state index in [0.29, 0.717) is 6.54 Å². The van der Waals surface area contributed by atoms with Crippen molar-refractivity contribution in [2.75, 3.05) is 0 Å². The molecule has 3 aromatic rings. The number of benzene rings is 2. The molecule has 0 unspecified atom stereocenters. The Balaban J connectivity index is 0.000000167. The molecule has 2 aromatic carbocycles. The second-order valence-corrected chi connectivity index (χ2v) is 4.77. The molecule has 3 rings (SSSR count). The van der Waals surface area contributed by atoms with Crippen molar-refractivity contribution in [1.82, 2.24) is 10.3 Å². The zero-order chi connectivity index (χ0) is 16.5. The van der Waals surface area contributed by atoms with Gasteiger partial charge in [0.2, 0.25) is 11.8 Å². The van der Waals surface area contributed by atoms with Gasteiger partial charge in [0.05, 0.1) is 5.52 Å². The Morgan fingerprint density at radius 1 is 1.04 bits per heavy atom. The average molecular weight is 306 g/mol. The summed E-state index contributed by atoms with van der Waals surface area (Å²) >= 11 is 0. The lowest BCUT2D eigenvalue weighted by molar-refractivity contribution is -0.116. The lowest BCUT2D eigenvalue weighted by Gasteiger charge is -2.00. The highest BCUT2D eigenvalue weighted by Crippen LogP contribution is 2.14. The van der Waals surface area contributed by atoms with Gasteiger partial charge in [0.1, 0.15) is 0 Å². The number of aromatic nitrogens is 1. The molecule has 0 fully saturated rings. The summed E-state index contributed by atoms with van der Waals surface area (Å²) in [5.41, 5.74) is 1.92. The SMILES string of the molecule is C=CC(=O)NCc1ccccc1.Oc1ccc2ccccc2n1. The Labute approximate surface area is 135 Å². The van der Waals surface area contributed by atoms with Gasteiger partial charge in [0.25, 0.3) is 0 Å². The van der Waals surface area contributed by atoms with Crippen molar-refractivity contribution < 1.29 is 9.90 Å². The first-order valence-corrected chi connectivity index (χ1v) is 7.18. The minimum Gasteiger partial charge on any atom is -0.493 e. The van der Waals surface area contributed by atoms with Gasteiger partial charge >= 0.3 is 0 Å². The van der Waals surface area contributed by atoms with Crippen LogP contribution in [-0.4, -0.2) is 16.0 Å². The molecule has 116 valence electrons. The molecule has 0 aliphatic rings. The summed E-state index contributed by atoms with van der Waals surface area (Å²) in [4.78, 5) is 14.7. The Morgan fingerprint density at radius 3 is 2.48 bits per heavy atom. The van der Waals surface area contributed by atoms with Gasteiger partial charge in [-0.2, -0.15) is 0 Å². The van der Waals surface area contributed by atoms with E-state index >= 15 is 0 Å². The van der Waals surface area contributed by atoms with Crippen LogP contribution in [0.1, 0.15) is 5.56 Å². The minimum atomic E-state index is -0.140. The van der Waals surface area contributed by atoms with E-state index in [0.717, 1.165) is 16.5 Å². The van der Waals surface area contributed by atoms with Gasteiger partial charge < -0.3 is 10.4 Å². The first kappa shape index (κ1) is 16.2. The molecule has 1 amide bonds. The number of carbonyl (C=O) groups is 1. The van der Waals surface area contributed by atoms with Crippen LogP contribution in [0, 0.1) is 0 Å². The molecule has 0 saturated carbocycles. The van der Waals surface area contributed by atoms with E-state index in [-0.39, 0.29) is 11.8 Å². The fourth-order valence-corrected chi connectivity index (χ4v) is 1.91. The second kappa shape index (κ2) is 8.34. The van der Waals surface area contributed by atoms with Gasteiger partial charge in [-0.3, -0.25) is 4.79 Å². The molecule has 0 bridgehead atoms. The molecule has 0 atom stereocenters. The zero-order valence-electron chi connectivity index (χ0n) is 12.6. The molecule has 0 radical (unpaired) electrons. The van der Waals surface area contributed by atoms with Crippen molar-refractivity contribution in [3.63, 3.8) is 0 Å². The van der Waals surface area contributed by atoms with E-state index < -0.39 is 0 Å². The van der Waals surface area contributed by atoms with Crippen LogP contribution in [0.3, 0.4) is 0 Å². The standard InChI is InChI=1S/C10H11NO.C9H7NO/c1-2-10(12)11-8-9-6-4-3-5-7-9;11-9-6-5-7-3-1-2-4-8(7)10-9/h2-7H,1,8H2,(H,11,12);1-6H,(H,10,11). The Hall–Kier alpha value is -3.14. The summed E-state index contributed by atoms with van der Waals surface area (Å²) in [6.07, 6.45) is 1.27. The van der Waals surface area contributed by atoms with Crippen LogP contribution < -0.4 is 5.32 Å². The molecule has 4 nitrogen and oxygen atoms in total. The van der Waals surface area contributed by atoms with Crippen LogP contribution in [0.25, 0.3) is 10.9 Å². The highest BCUT2D eigenvalue weighted by atomic mass is 16.3. The number of carbonyl (C=O) groups excluding carboxylic acids is 1. The first-order valence-electron chi connectivity index (χ1n) is 7.18. The van der Waals surface area contributed by atoms with Crippen LogP contribution in [0.15, 0.2) is 79.4 Å². The molecule has 0 aliphatic heterocycles. The largest absolute Gasteiger partial charge is 0.493 e. The van der Waals surface area contributed by atoms with Gasteiger partial charge in [0.15, 0.2) is 0 Å². The predicted molar refractivity (Wildman–Crippen MR) is 91.9 cm³/mol. The van der Waals surface area contributed by atoms with E-state index in [9.17, 15) is 4.79 Å². The molecular weight excluding hydrogens is 288 g/mol. The van der Waals surface area contributed by atoms with Crippen LogP contribution in [0.4, 0.5) is 0 Å². The zero-order valence-corrected chi connectivity index (χ0v) is 12.6. The van der Waals surface area contributed by atoms with Crippen molar-refractivity contribution in [3.8, 4) is 5.88 Å². The predicted octanol–water partition coefficient (Wildman–Crippen LogP) is 3.43. The second-order valence-electron chi connectivity index (χ2n) is 4.77. The van der Waals surface area contributed by atoms with Gasteiger partial charge in [-0.15, -0.1) is 0 Å². The van der Waals surface area contributed by atoms with Crippen molar-refractivity contribution in [2.24, 2.45) is 0 Å². The molecule has 1 aromatic heterocycles. The number of nitrogens with zero attached hydrogens (tertiary/aromatic N) is 1. The highest BCUT2D eigenvalue weighted by Gasteiger charge is 1.93. The molecule has 2 N–H and O–H groups in total. The number of rotatable bonds is 3. The maximum atomic E-state index is 10.8. The van der Waals surface area contributed by atoms with Crippen molar-refractivity contribution >= 4 is 16.8 Å². The third-order valence-corrected chi connectivity index (χ3v) is 3.08. The number of hydrogen-bond donors (Lipinski definition) is 2. The monoisotopic (exact) mass is 306 g/mol. The van der Waals surface area contributed by atoms with Gasteiger partial charge in [0, 0.05) is 18.0 Å². The topological polar surface area (TPSA) is 62.2 Å². The molecule has 4 heteroatoms. The number of fused-ring (bicyclic) bond motifs is 1. The smallest absolute Gasteiger partial charge is 0.243 e. The van der Waals surface area contributed by atoms with Crippen molar-refractivity contribution in [2.45, 2.75) is 6.54 Å². The van der Waals surface area contributed by atoms with E-state index in [1.807, 2.05) is 60.7 Å². The first-order chi connectivity index (χ1) is 11.2. The number of nitrogens with one attached hydrogen (secondary N) is 1. The van der Waals surface area contributed by atoms with Gasteiger partial charge in [-0.05, 0) is 23.8 Å². The minimum absolute atomic E-state index is 0.0729. The molecule has 23 heavy (non-hydrogen) atoms. The van der Waals surface area contributed by atoms with E-state index in [2.05, 4.69) is 16.9 Å². The average Bonchev–Trinajstić information content (AvgIpc) is 2.61. The molecule has 0 aliphatic carbocycles. The van der Waals surface area contributed by atoms with Gasteiger partial charge in [-0.25, -0.2) is 4.98 Å². The molecule has 1 heterocycles. The van der Waals surface area contributed by atoms with Crippen LogP contribution >= 0.6 is 0 Å². The Morgan fingerprint density at radius 2 is 1.74 bits per heavy atom. The third kappa shape index (κ3) is 5.28. The molecular formula is C19H18N2O2. The third-order valence-electron chi connectivity index (χ3n) is 3.08. The Kier molecular flexibility index (Phi) is 5.89. The summed E-state index contributed by atoms with van der Waals surface area (Å²) in [6, 6.07) is 20.9. The summed E-state index contributed by atoms with van der Waals surface area (Å²) in [5.74, 6) is -0.0671. The summed E-state index contributed by atoms with van der Waals surface area (Å²) in [5, 5.41) is 12.8. The highest BCUT2D eigenvalue weighted by molar-refractivity contribution is 5.86. The summed E-state index contributed by atoms with van der Waals surface area (Å²) < 4.78 is 0. The lowest BCUT2D eigenvalue weighted by Crippen LogP contribution is -2.19. The summed E-state index contributed by atoms with van der Waals surface area (Å²) in [6.45, 7) is 3.92. The van der Waals surface area contributed by atoms with E-state index in [4.69, 9.17) is 5.11 Å². The number of hydrogen-bond acceptors (Lipinski definition) is 3. The summed E-state index contributed by atoms with van der Waals surface area (Å²) in [7, 11) is 0. The van der Waals surface area contributed by atoms with Crippen LogP contribution in [-0.2, 0) is 11.3 Å².